The maximum absolute atomic E-state index is 12.7. The Hall–Kier alpha value is -3.13. The fourth-order valence-electron chi connectivity index (χ4n) is 2.97. The zero-order chi connectivity index (χ0) is 22.1. The lowest BCUT2D eigenvalue weighted by molar-refractivity contribution is -0.123. The second-order valence-corrected chi connectivity index (χ2v) is 8.19. The molecule has 2 aromatic carbocycles. The molecule has 2 amide bonds. The molecule has 1 aliphatic rings. The number of amides is 2. The maximum atomic E-state index is 12.7. The molecule has 7 nitrogen and oxygen atoms in total. The van der Waals surface area contributed by atoms with Gasteiger partial charge in [-0.1, -0.05) is 55.4 Å². The Labute approximate surface area is 186 Å². The molecule has 3 rings (SSSR count). The Balaban J connectivity index is 1.72. The van der Waals surface area contributed by atoms with Crippen molar-refractivity contribution < 1.29 is 14.3 Å². The predicted octanol–water partition coefficient (Wildman–Crippen LogP) is 4.21. The van der Waals surface area contributed by atoms with Crippen molar-refractivity contribution in [1.29, 1.82) is 0 Å². The van der Waals surface area contributed by atoms with Crippen molar-refractivity contribution in [3.8, 4) is 5.75 Å². The van der Waals surface area contributed by atoms with Gasteiger partial charge in [0.25, 0.3) is 0 Å². The molecule has 2 N–H and O–H groups in total. The number of ether oxygens (including phenoxy) is 1. The van der Waals surface area contributed by atoms with E-state index in [0.29, 0.717) is 16.6 Å². The number of hydrogen-bond acceptors (Lipinski definition) is 6. The van der Waals surface area contributed by atoms with E-state index in [1.807, 2.05) is 30.3 Å². The van der Waals surface area contributed by atoms with Gasteiger partial charge in [0.05, 0.1) is 12.8 Å². The number of thioether (sulfide) groups is 1. The first-order valence-electron chi connectivity index (χ1n) is 10.2. The Kier molecular flexibility index (Phi) is 8.23. The summed E-state index contributed by atoms with van der Waals surface area (Å²) < 4.78 is 5.12. The molecule has 1 aliphatic heterocycles. The van der Waals surface area contributed by atoms with Crippen LogP contribution in [0.3, 0.4) is 0 Å². The van der Waals surface area contributed by atoms with Gasteiger partial charge >= 0.3 is 0 Å². The minimum atomic E-state index is -0.583. The summed E-state index contributed by atoms with van der Waals surface area (Å²) in [4.78, 5) is 24.8. The average molecular weight is 439 g/mol. The number of benzene rings is 2. The van der Waals surface area contributed by atoms with Crippen LogP contribution in [0.1, 0.15) is 38.2 Å². The van der Waals surface area contributed by atoms with E-state index >= 15 is 0 Å². The molecule has 162 valence electrons. The van der Waals surface area contributed by atoms with Gasteiger partial charge in [-0.25, -0.2) is 0 Å². The van der Waals surface area contributed by atoms with Crippen molar-refractivity contribution in [1.82, 2.24) is 5.32 Å². The number of nitrogens with zero attached hydrogens (tertiary/aromatic N) is 2. The van der Waals surface area contributed by atoms with Crippen molar-refractivity contribution in [3.63, 3.8) is 0 Å². The minimum Gasteiger partial charge on any atom is -0.497 e. The number of rotatable bonds is 8. The largest absolute Gasteiger partial charge is 0.497 e. The highest BCUT2D eigenvalue weighted by Gasteiger charge is 2.30. The number of carbonyl (C=O) groups is 2. The number of anilines is 1. The van der Waals surface area contributed by atoms with Gasteiger partial charge in [0.2, 0.25) is 11.8 Å². The Morgan fingerprint density at radius 2 is 1.94 bits per heavy atom. The lowest BCUT2D eigenvalue weighted by Gasteiger charge is -2.21. The highest BCUT2D eigenvalue weighted by molar-refractivity contribution is 8.15. The molecule has 0 bridgehead atoms. The van der Waals surface area contributed by atoms with E-state index in [1.165, 1.54) is 11.8 Å². The number of unbranched alkanes of at least 4 members (excludes halogenated alkanes) is 1. The van der Waals surface area contributed by atoms with Gasteiger partial charge in [-0.2, -0.15) is 5.10 Å². The summed E-state index contributed by atoms with van der Waals surface area (Å²) in [5.74, 6) is 0.197. The Morgan fingerprint density at radius 1 is 1.19 bits per heavy atom. The third-order valence-electron chi connectivity index (χ3n) is 4.66. The summed E-state index contributed by atoms with van der Waals surface area (Å²) in [7, 11) is 1.58. The molecule has 8 heteroatoms. The van der Waals surface area contributed by atoms with E-state index in [-0.39, 0.29) is 18.2 Å². The molecule has 31 heavy (non-hydrogen) atoms. The van der Waals surface area contributed by atoms with E-state index < -0.39 is 5.25 Å². The van der Waals surface area contributed by atoms with Crippen molar-refractivity contribution in [2.24, 2.45) is 10.2 Å². The molecule has 0 aromatic heterocycles. The van der Waals surface area contributed by atoms with Crippen LogP contribution in [0.15, 0.2) is 64.8 Å². The molecular formula is C23H26N4O3S. The molecule has 1 atom stereocenters. The van der Waals surface area contributed by atoms with Crippen molar-refractivity contribution in [3.05, 3.63) is 60.2 Å². The van der Waals surface area contributed by atoms with Crippen LogP contribution in [0, 0.1) is 0 Å². The molecule has 0 spiro atoms. The quantitative estimate of drug-likeness (QED) is 0.477. The maximum Gasteiger partial charge on any atom is 0.238 e. The molecular weight excluding hydrogens is 412 g/mol. The summed E-state index contributed by atoms with van der Waals surface area (Å²) in [5.41, 5.74) is 2.50. The van der Waals surface area contributed by atoms with Gasteiger partial charge in [-0.15, -0.1) is 5.10 Å². The molecule has 0 saturated carbocycles. The topological polar surface area (TPSA) is 92.2 Å². The third-order valence-corrected chi connectivity index (χ3v) is 5.73. The zero-order valence-corrected chi connectivity index (χ0v) is 18.4. The summed E-state index contributed by atoms with van der Waals surface area (Å²) in [6, 6.07) is 16.9. The summed E-state index contributed by atoms with van der Waals surface area (Å²) in [5, 5.41) is 14.0. The van der Waals surface area contributed by atoms with Crippen LogP contribution < -0.4 is 15.4 Å². The fraction of sp³-hybridized carbons (Fsp3) is 0.304. The van der Waals surface area contributed by atoms with Crippen LogP contribution in [0.4, 0.5) is 5.69 Å². The molecule has 1 heterocycles. The third kappa shape index (κ3) is 6.68. The highest BCUT2D eigenvalue weighted by Crippen LogP contribution is 2.23. The van der Waals surface area contributed by atoms with Crippen LogP contribution in [-0.4, -0.2) is 35.1 Å². The fourth-order valence-corrected chi connectivity index (χ4v) is 3.90. The predicted molar refractivity (Wildman–Crippen MR) is 126 cm³/mol. The molecule has 0 radical (unpaired) electrons. The second kappa shape index (κ2) is 11.3. The number of carbonyl (C=O) groups excluding carboxylic acids is 2. The smallest absolute Gasteiger partial charge is 0.238 e. The van der Waals surface area contributed by atoms with Gasteiger partial charge in [0.1, 0.15) is 11.0 Å². The van der Waals surface area contributed by atoms with Crippen LogP contribution in [0.25, 0.3) is 0 Å². The molecule has 1 saturated heterocycles. The monoisotopic (exact) mass is 438 g/mol. The number of nitrogens with one attached hydrogen (secondary N) is 2. The number of hydrogen-bond donors (Lipinski definition) is 2. The summed E-state index contributed by atoms with van der Waals surface area (Å²) >= 11 is 1.21. The Morgan fingerprint density at radius 3 is 2.61 bits per heavy atom. The minimum absolute atomic E-state index is 0.0801. The van der Waals surface area contributed by atoms with E-state index in [4.69, 9.17) is 4.74 Å². The van der Waals surface area contributed by atoms with Gasteiger partial charge < -0.3 is 15.4 Å². The van der Waals surface area contributed by atoms with Gasteiger partial charge in [0, 0.05) is 12.1 Å². The summed E-state index contributed by atoms with van der Waals surface area (Å²) in [6.45, 7) is 2.12. The van der Waals surface area contributed by atoms with E-state index in [9.17, 15) is 9.59 Å². The first-order chi connectivity index (χ1) is 15.1. The first-order valence-corrected chi connectivity index (χ1v) is 11.1. The van der Waals surface area contributed by atoms with Crippen molar-refractivity contribution in [2.45, 2.75) is 37.9 Å². The van der Waals surface area contributed by atoms with E-state index in [0.717, 1.165) is 30.5 Å². The van der Waals surface area contributed by atoms with Crippen LogP contribution in [-0.2, 0) is 9.59 Å². The highest BCUT2D eigenvalue weighted by atomic mass is 32.2. The standard InChI is InChI=1S/C23H26N4O3S/c1-3-4-10-19(16-8-6-5-7-9-16)26-27-23-25-21(28)15-20(31-23)22(29)24-17-11-13-18(30-2)14-12-17/h5-9,11-14,20H,3-4,10,15H2,1-2H3,(H,24,29)(H,25,27,28). The summed E-state index contributed by atoms with van der Waals surface area (Å²) in [6.07, 6.45) is 2.90. The number of amidine groups is 1. The number of methoxy groups -OCH3 is 1. The lowest BCUT2D eigenvalue weighted by Crippen LogP contribution is -2.41. The van der Waals surface area contributed by atoms with Gasteiger partial charge in [-0.3, -0.25) is 9.59 Å². The van der Waals surface area contributed by atoms with Gasteiger partial charge in [0.15, 0.2) is 5.17 Å². The van der Waals surface area contributed by atoms with Crippen LogP contribution in [0.5, 0.6) is 5.75 Å². The Bertz CT molecular complexity index is 959. The SMILES string of the molecule is CCCCC(=NN=C1NC(=O)CC(C(=O)Nc2ccc(OC)cc2)S1)c1ccccc1. The normalized spacial score (nSPS) is 17.9. The van der Waals surface area contributed by atoms with Gasteiger partial charge in [-0.05, 0) is 42.7 Å². The first kappa shape index (κ1) is 22.6. The molecule has 1 unspecified atom stereocenters. The second-order valence-electron chi connectivity index (χ2n) is 7.00. The van der Waals surface area contributed by atoms with Crippen molar-refractivity contribution >= 4 is 40.1 Å². The molecule has 0 aliphatic carbocycles. The average Bonchev–Trinajstić information content (AvgIpc) is 2.80. The molecule has 1 fully saturated rings. The van der Waals surface area contributed by atoms with E-state index in [1.54, 1.807) is 31.4 Å². The van der Waals surface area contributed by atoms with Crippen LogP contribution in [0.2, 0.25) is 0 Å². The lowest BCUT2D eigenvalue weighted by atomic mass is 10.1. The zero-order valence-electron chi connectivity index (χ0n) is 17.6. The van der Waals surface area contributed by atoms with E-state index in [2.05, 4.69) is 27.8 Å². The van der Waals surface area contributed by atoms with Crippen molar-refractivity contribution in [2.75, 3.05) is 12.4 Å². The van der Waals surface area contributed by atoms with Crippen LogP contribution >= 0.6 is 11.8 Å². The molecule has 2 aromatic rings.